The zero-order valence-corrected chi connectivity index (χ0v) is 12.3. The average Bonchev–Trinajstić information content (AvgIpc) is 2.38. The highest BCUT2D eigenvalue weighted by atomic mass is 79.9. The molecule has 0 saturated carbocycles. The summed E-state index contributed by atoms with van der Waals surface area (Å²) in [7, 11) is 0. The molecule has 1 aromatic rings. The van der Waals surface area contributed by atoms with Crippen LogP contribution in [-0.2, 0) is 16.1 Å². The second-order valence-corrected chi connectivity index (χ2v) is 4.35. The number of halogens is 1. The predicted octanol–water partition coefficient (Wildman–Crippen LogP) is 0.857. The summed E-state index contributed by atoms with van der Waals surface area (Å²) >= 11 is 0. The Kier molecular flexibility index (Phi) is 5.84. The van der Waals surface area contributed by atoms with E-state index in [4.69, 9.17) is 5.11 Å². The van der Waals surface area contributed by atoms with Gasteiger partial charge in [-0.05, 0) is 18.1 Å². The molecule has 1 fully saturated rings. The van der Waals surface area contributed by atoms with Gasteiger partial charge in [0.15, 0.2) is 0 Å². The van der Waals surface area contributed by atoms with E-state index in [1.165, 1.54) is 6.07 Å². The Balaban J connectivity index is 0.00000200. The van der Waals surface area contributed by atoms with E-state index in [0.29, 0.717) is 18.4 Å². The molecular weight excluding hydrogens is 328 g/mol. The largest absolute Gasteiger partial charge is 0.478 e. The van der Waals surface area contributed by atoms with Crippen LogP contribution in [0.4, 0.5) is 0 Å². The molecule has 0 aliphatic carbocycles. The highest BCUT2D eigenvalue weighted by Gasteiger charge is 2.26. The van der Waals surface area contributed by atoms with Crippen molar-refractivity contribution in [3.63, 3.8) is 0 Å². The molecule has 2 rings (SSSR count). The summed E-state index contributed by atoms with van der Waals surface area (Å²) in [5.74, 6) is -1.63. The van der Waals surface area contributed by atoms with Gasteiger partial charge in [-0.1, -0.05) is 18.2 Å². The van der Waals surface area contributed by atoms with E-state index >= 15 is 0 Å². The molecule has 6 nitrogen and oxygen atoms in total. The molecule has 1 atom stereocenters. The van der Waals surface area contributed by atoms with Gasteiger partial charge in [0.2, 0.25) is 11.8 Å². The Morgan fingerprint density at radius 3 is 2.70 bits per heavy atom. The fraction of sp³-hybridized carbons (Fsp3) is 0.308. The lowest BCUT2D eigenvalue weighted by molar-refractivity contribution is -0.134. The van der Waals surface area contributed by atoms with Crippen LogP contribution < -0.4 is 10.6 Å². The van der Waals surface area contributed by atoms with Crippen molar-refractivity contribution in [2.45, 2.75) is 25.4 Å². The van der Waals surface area contributed by atoms with E-state index < -0.39 is 12.0 Å². The molecule has 3 N–H and O–H groups in total. The summed E-state index contributed by atoms with van der Waals surface area (Å²) < 4.78 is 0. The van der Waals surface area contributed by atoms with Crippen LogP contribution >= 0.6 is 17.0 Å². The van der Waals surface area contributed by atoms with Gasteiger partial charge in [-0.2, -0.15) is 0 Å². The maximum absolute atomic E-state index is 11.5. The van der Waals surface area contributed by atoms with Crippen LogP contribution in [0.2, 0.25) is 0 Å². The van der Waals surface area contributed by atoms with Crippen LogP contribution in [0, 0.1) is 0 Å². The van der Waals surface area contributed by atoms with E-state index in [0.717, 1.165) is 0 Å². The highest BCUT2D eigenvalue weighted by molar-refractivity contribution is 8.93. The smallest absolute Gasteiger partial charge is 0.336 e. The zero-order chi connectivity index (χ0) is 13.8. The lowest BCUT2D eigenvalue weighted by Gasteiger charge is -2.22. The molecule has 1 heterocycles. The normalized spacial score (nSPS) is 18.1. The summed E-state index contributed by atoms with van der Waals surface area (Å²) in [4.78, 5) is 33.6. The number of rotatable bonds is 4. The van der Waals surface area contributed by atoms with Gasteiger partial charge < -0.3 is 10.4 Å². The van der Waals surface area contributed by atoms with Gasteiger partial charge in [0, 0.05) is 13.0 Å². The maximum atomic E-state index is 11.5. The first-order chi connectivity index (χ1) is 9.08. The summed E-state index contributed by atoms with van der Waals surface area (Å²) in [5.41, 5.74) is 0.821. The molecule has 0 unspecified atom stereocenters. The van der Waals surface area contributed by atoms with Crippen LogP contribution in [0.15, 0.2) is 24.3 Å². The lowest BCUT2D eigenvalue weighted by Crippen LogP contribution is -2.50. The van der Waals surface area contributed by atoms with Crippen molar-refractivity contribution in [2.24, 2.45) is 0 Å². The second kappa shape index (κ2) is 7.16. The topological polar surface area (TPSA) is 95.5 Å². The van der Waals surface area contributed by atoms with E-state index in [1.807, 2.05) is 0 Å². The summed E-state index contributed by atoms with van der Waals surface area (Å²) in [5, 5.41) is 14.3. The van der Waals surface area contributed by atoms with Crippen molar-refractivity contribution in [1.29, 1.82) is 0 Å². The molecule has 20 heavy (non-hydrogen) atoms. The minimum Gasteiger partial charge on any atom is -0.478 e. The number of amides is 2. The third-order valence-corrected chi connectivity index (χ3v) is 3.03. The van der Waals surface area contributed by atoms with Gasteiger partial charge in [-0.25, -0.2) is 4.79 Å². The SMILES string of the molecule is Br.O=C1CC[C@@H](NCc2ccccc2C(=O)O)C(=O)N1. The van der Waals surface area contributed by atoms with Crippen LogP contribution in [0.5, 0.6) is 0 Å². The number of nitrogens with one attached hydrogen (secondary N) is 2. The molecule has 1 aliphatic heterocycles. The average molecular weight is 343 g/mol. The fourth-order valence-electron chi connectivity index (χ4n) is 2.00. The van der Waals surface area contributed by atoms with E-state index in [-0.39, 0.29) is 40.9 Å². The molecular formula is C13H15BrN2O4. The third kappa shape index (κ3) is 3.88. The van der Waals surface area contributed by atoms with Gasteiger partial charge in [-0.15, -0.1) is 17.0 Å². The van der Waals surface area contributed by atoms with Crippen molar-refractivity contribution < 1.29 is 19.5 Å². The number of imide groups is 1. The van der Waals surface area contributed by atoms with Crippen molar-refractivity contribution in [2.75, 3.05) is 0 Å². The number of carboxylic acid groups (broad SMARTS) is 1. The molecule has 0 spiro atoms. The Labute approximate surface area is 126 Å². The first kappa shape index (κ1) is 16.3. The molecule has 0 bridgehead atoms. The standard InChI is InChI=1S/C13H14N2O4.BrH/c16-11-6-5-10(12(17)15-11)14-7-8-3-1-2-4-9(8)13(18)19;/h1-4,10,14H,5-7H2,(H,18,19)(H,15,16,17);1H/t10-;/m1./s1. The Bertz CT molecular complexity index is 533. The van der Waals surface area contributed by atoms with Crippen LogP contribution in [0.25, 0.3) is 0 Å². The fourth-order valence-corrected chi connectivity index (χ4v) is 2.00. The van der Waals surface area contributed by atoms with E-state index in [2.05, 4.69) is 10.6 Å². The van der Waals surface area contributed by atoms with Gasteiger partial charge in [0.05, 0.1) is 11.6 Å². The van der Waals surface area contributed by atoms with Gasteiger partial charge in [0.1, 0.15) is 0 Å². The molecule has 2 amide bonds. The molecule has 108 valence electrons. The van der Waals surface area contributed by atoms with Crippen molar-refractivity contribution in [1.82, 2.24) is 10.6 Å². The molecule has 1 aliphatic rings. The summed E-state index contributed by atoms with van der Waals surface area (Å²) in [6.07, 6.45) is 0.726. The van der Waals surface area contributed by atoms with Crippen molar-refractivity contribution >= 4 is 34.8 Å². The number of carbonyl (C=O) groups excluding carboxylic acids is 2. The van der Waals surface area contributed by atoms with Crippen LogP contribution in [0.3, 0.4) is 0 Å². The number of hydrogen-bond donors (Lipinski definition) is 3. The van der Waals surface area contributed by atoms with Gasteiger partial charge in [-0.3, -0.25) is 14.9 Å². The number of hydrogen-bond acceptors (Lipinski definition) is 4. The first-order valence-electron chi connectivity index (χ1n) is 5.96. The molecule has 0 aromatic heterocycles. The Morgan fingerprint density at radius 2 is 2.05 bits per heavy atom. The Morgan fingerprint density at radius 1 is 1.35 bits per heavy atom. The second-order valence-electron chi connectivity index (χ2n) is 4.35. The number of piperidine rings is 1. The highest BCUT2D eigenvalue weighted by Crippen LogP contribution is 2.10. The molecule has 7 heteroatoms. The van der Waals surface area contributed by atoms with E-state index in [9.17, 15) is 14.4 Å². The van der Waals surface area contributed by atoms with Gasteiger partial charge in [0.25, 0.3) is 0 Å². The number of aromatic carboxylic acids is 1. The third-order valence-electron chi connectivity index (χ3n) is 3.03. The zero-order valence-electron chi connectivity index (χ0n) is 10.6. The number of carboxylic acids is 1. The van der Waals surface area contributed by atoms with E-state index in [1.54, 1.807) is 18.2 Å². The molecule has 0 radical (unpaired) electrons. The van der Waals surface area contributed by atoms with Gasteiger partial charge >= 0.3 is 5.97 Å². The number of benzene rings is 1. The number of carbonyl (C=O) groups is 3. The lowest BCUT2D eigenvalue weighted by atomic mass is 10.0. The minimum absolute atomic E-state index is 0. The predicted molar refractivity (Wildman–Crippen MR) is 76.7 cm³/mol. The first-order valence-corrected chi connectivity index (χ1v) is 5.96. The molecule has 1 saturated heterocycles. The summed E-state index contributed by atoms with van der Waals surface area (Å²) in [6, 6.07) is 6.15. The van der Waals surface area contributed by atoms with Crippen molar-refractivity contribution in [3.05, 3.63) is 35.4 Å². The van der Waals surface area contributed by atoms with Crippen LogP contribution in [-0.4, -0.2) is 28.9 Å². The van der Waals surface area contributed by atoms with Crippen molar-refractivity contribution in [3.8, 4) is 0 Å². The maximum Gasteiger partial charge on any atom is 0.336 e. The van der Waals surface area contributed by atoms with Crippen LogP contribution in [0.1, 0.15) is 28.8 Å². The summed E-state index contributed by atoms with van der Waals surface area (Å²) in [6.45, 7) is 0.273. The molecule has 1 aromatic carbocycles. The monoisotopic (exact) mass is 342 g/mol. The quantitative estimate of drug-likeness (QED) is 0.705. The minimum atomic E-state index is -0.999. The Hall–Kier alpha value is -1.73.